The van der Waals surface area contributed by atoms with Gasteiger partial charge in [0.05, 0.1) is 10.0 Å². The van der Waals surface area contributed by atoms with Gasteiger partial charge in [0.25, 0.3) is 0 Å². The van der Waals surface area contributed by atoms with Crippen molar-refractivity contribution in [2.75, 3.05) is 11.9 Å². The predicted molar refractivity (Wildman–Crippen MR) is 63.9 cm³/mol. The van der Waals surface area contributed by atoms with Crippen LogP contribution in [0.4, 0.5) is 10.5 Å². The largest absolute Gasteiger partial charge is 0.328 e. The Labute approximate surface area is 103 Å². The summed E-state index contributed by atoms with van der Waals surface area (Å²) in [7, 11) is 0. The molecule has 0 radical (unpaired) electrons. The molecule has 0 unspecified atom stereocenters. The minimum Gasteiger partial charge on any atom is -0.307 e. The van der Waals surface area contributed by atoms with Gasteiger partial charge in [-0.15, -0.1) is 0 Å². The van der Waals surface area contributed by atoms with Crippen LogP contribution in [0.5, 0.6) is 0 Å². The van der Waals surface area contributed by atoms with Gasteiger partial charge in [-0.1, -0.05) is 23.2 Å². The molecule has 1 aromatic carbocycles. The summed E-state index contributed by atoms with van der Waals surface area (Å²) in [6.07, 6.45) is 0.465. The normalized spacial score (nSPS) is 9.69. The predicted octanol–water partition coefficient (Wildman–Crippen LogP) is 3.00. The van der Waals surface area contributed by atoms with Crippen molar-refractivity contribution in [2.24, 2.45) is 0 Å². The van der Waals surface area contributed by atoms with Gasteiger partial charge in [0.1, 0.15) is 0 Å². The molecule has 1 N–H and O–H groups in total. The minimum atomic E-state index is -0.504. The second-order valence-electron chi connectivity index (χ2n) is 2.95. The van der Waals surface area contributed by atoms with Crippen molar-refractivity contribution in [3.63, 3.8) is 0 Å². The summed E-state index contributed by atoms with van der Waals surface area (Å²) < 4.78 is 0. The third kappa shape index (κ3) is 3.12. The third-order valence-electron chi connectivity index (χ3n) is 1.90. The molecular formula is C10H10Cl2N2O2. The molecule has 1 rings (SSSR count). The van der Waals surface area contributed by atoms with Gasteiger partial charge < -0.3 is 5.32 Å². The first kappa shape index (κ1) is 12.8. The van der Waals surface area contributed by atoms with Crippen LogP contribution < -0.4 is 5.32 Å². The standard InChI is InChI=1S/C10H10Cl2N2O2/c1-2-14(6-15)10(16)13-7-3-4-8(11)9(12)5-7/h3-6H,2H2,1H3,(H,13,16). The number of anilines is 1. The highest BCUT2D eigenvalue weighted by molar-refractivity contribution is 6.42. The zero-order valence-corrected chi connectivity index (χ0v) is 10.0. The van der Waals surface area contributed by atoms with E-state index in [2.05, 4.69) is 5.32 Å². The fourth-order valence-corrected chi connectivity index (χ4v) is 1.33. The molecule has 0 spiro atoms. The third-order valence-corrected chi connectivity index (χ3v) is 2.64. The van der Waals surface area contributed by atoms with Gasteiger partial charge in [0.2, 0.25) is 6.41 Å². The molecule has 86 valence electrons. The van der Waals surface area contributed by atoms with E-state index in [-0.39, 0.29) is 0 Å². The second-order valence-corrected chi connectivity index (χ2v) is 3.76. The van der Waals surface area contributed by atoms with Crippen LogP contribution in [-0.2, 0) is 4.79 Å². The zero-order chi connectivity index (χ0) is 12.1. The smallest absolute Gasteiger partial charge is 0.307 e. The molecule has 3 amide bonds. The summed E-state index contributed by atoms with van der Waals surface area (Å²) in [5.41, 5.74) is 0.486. The van der Waals surface area contributed by atoms with E-state index in [1.165, 1.54) is 6.07 Å². The number of carbonyl (C=O) groups excluding carboxylic acids is 2. The highest BCUT2D eigenvalue weighted by Crippen LogP contribution is 2.25. The van der Waals surface area contributed by atoms with Crippen molar-refractivity contribution in [1.29, 1.82) is 0 Å². The topological polar surface area (TPSA) is 49.4 Å². The lowest BCUT2D eigenvalue weighted by Crippen LogP contribution is -2.33. The van der Waals surface area contributed by atoms with Crippen LogP contribution >= 0.6 is 23.2 Å². The number of halogens is 2. The van der Waals surface area contributed by atoms with Gasteiger partial charge in [0.15, 0.2) is 0 Å². The van der Waals surface area contributed by atoms with Crippen LogP contribution in [0.1, 0.15) is 6.92 Å². The van der Waals surface area contributed by atoms with Gasteiger partial charge in [-0.2, -0.15) is 0 Å². The summed E-state index contributed by atoms with van der Waals surface area (Å²) >= 11 is 11.5. The van der Waals surface area contributed by atoms with E-state index in [9.17, 15) is 9.59 Å². The van der Waals surface area contributed by atoms with Crippen molar-refractivity contribution in [1.82, 2.24) is 4.90 Å². The van der Waals surface area contributed by atoms with E-state index in [1.807, 2.05) is 0 Å². The van der Waals surface area contributed by atoms with Crippen molar-refractivity contribution in [3.8, 4) is 0 Å². The Bertz CT molecular complexity index is 410. The Morgan fingerprint density at radius 2 is 2.12 bits per heavy atom. The van der Waals surface area contributed by atoms with E-state index < -0.39 is 6.03 Å². The Balaban J connectivity index is 2.76. The quantitative estimate of drug-likeness (QED) is 0.850. The van der Waals surface area contributed by atoms with Crippen molar-refractivity contribution in [3.05, 3.63) is 28.2 Å². The number of amides is 3. The van der Waals surface area contributed by atoms with Crippen LogP contribution in [-0.4, -0.2) is 23.9 Å². The number of benzene rings is 1. The second kappa shape index (κ2) is 5.72. The Kier molecular flexibility index (Phi) is 4.58. The van der Waals surface area contributed by atoms with E-state index in [4.69, 9.17) is 23.2 Å². The number of imide groups is 1. The molecule has 0 heterocycles. The maximum absolute atomic E-state index is 11.5. The maximum atomic E-state index is 11.5. The molecule has 0 bridgehead atoms. The minimum absolute atomic E-state index is 0.302. The summed E-state index contributed by atoms with van der Waals surface area (Å²) in [5, 5.41) is 3.27. The number of carbonyl (C=O) groups is 2. The van der Waals surface area contributed by atoms with Crippen molar-refractivity contribution >= 4 is 41.3 Å². The Morgan fingerprint density at radius 1 is 1.44 bits per heavy atom. The van der Waals surface area contributed by atoms with Crippen molar-refractivity contribution < 1.29 is 9.59 Å². The Hall–Kier alpha value is -1.26. The SMILES string of the molecule is CCN(C=O)C(=O)Nc1ccc(Cl)c(Cl)c1. The number of rotatable bonds is 3. The van der Waals surface area contributed by atoms with Crippen LogP contribution in [0.15, 0.2) is 18.2 Å². The maximum Gasteiger partial charge on any atom is 0.328 e. The molecule has 0 aliphatic carbocycles. The molecule has 0 aliphatic heterocycles. The van der Waals surface area contributed by atoms with Gasteiger partial charge in [0, 0.05) is 12.2 Å². The van der Waals surface area contributed by atoms with Gasteiger partial charge in [-0.05, 0) is 25.1 Å². The van der Waals surface area contributed by atoms with Crippen LogP contribution in [0, 0.1) is 0 Å². The first-order valence-electron chi connectivity index (χ1n) is 4.56. The number of urea groups is 1. The highest BCUT2D eigenvalue weighted by Gasteiger charge is 2.10. The van der Waals surface area contributed by atoms with E-state index in [1.54, 1.807) is 19.1 Å². The lowest BCUT2D eigenvalue weighted by Gasteiger charge is -2.14. The average Bonchev–Trinajstić information content (AvgIpc) is 2.25. The number of nitrogens with one attached hydrogen (secondary N) is 1. The number of hydrogen-bond acceptors (Lipinski definition) is 2. The fraction of sp³-hybridized carbons (Fsp3) is 0.200. The lowest BCUT2D eigenvalue weighted by atomic mass is 10.3. The molecule has 6 heteroatoms. The molecule has 1 aromatic rings. The number of nitrogens with zero attached hydrogens (tertiary/aromatic N) is 1. The molecule has 0 saturated heterocycles. The molecule has 0 atom stereocenters. The van der Waals surface area contributed by atoms with Gasteiger partial charge >= 0.3 is 6.03 Å². The molecule has 4 nitrogen and oxygen atoms in total. The van der Waals surface area contributed by atoms with Crippen LogP contribution in [0.3, 0.4) is 0 Å². The first-order valence-corrected chi connectivity index (χ1v) is 5.32. The molecule has 0 aliphatic rings. The van der Waals surface area contributed by atoms with E-state index >= 15 is 0 Å². The van der Waals surface area contributed by atoms with E-state index in [0.29, 0.717) is 28.7 Å². The lowest BCUT2D eigenvalue weighted by molar-refractivity contribution is -0.115. The van der Waals surface area contributed by atoms with Crippen molar-refractivity contribution in [2.45, 2.75) is 6.92 Å². The van der Waals surface area contributed by atoms with E-state index in [0.717, 1.165) is 4.90 Å². The molecular weight excluding hydrogens is 251 g/mol. The average molecular weight is 261 g/mol. The van der Waals surface area contributed by atoms with Gasteiger partial charge in [-0.25, -0.2) is 4.79 Å². The fourth-order valence-electron chi connectivity index (χ4n) is 1.04. The molecule has 0 aromatic heterocycles. The van der Waals surface area contributed by atoms with Gasteiger partial charge in [-0.3, -0.25) is 9.69 Å². The number of hydrogen-bond donors (Lipinski definition) is 1. The summed E-state index contributed by atoms with van der Waals surface area (Å²) in [6, 6.07) is 4.18. The van der Waals surface area contributed by atoms with Crippen LogP contribution in [0.25, 0.3) is 0 Å². The monoisotopic (exact) mass is 260 g/mol. The Morgan fingerprint density at radius 3 is 2.62 bits per heavy atom. The molecule has 0 saturated carbocycles. The van der Waals surface area contributed by atoms with Crippen LogP contribution in [0.2, 0.25) is 10.0 Å². The summed E-state index contributed by atoms with van der Waals surface area (Å²) in [4.78, 5) is 23.0. The molecule has 16 heavy (non-hydrogen) atoms. The summed E-state index contributed by atoms with van der Waals surface area (Å²) in [5.74, 6) is 0. The summed E-state index contributed by atoms with van der Waals surface area (Å²) in [6.45, 7) is 2.00. The molecule has 0 fully saturated rings. The zero-order valence-electron chi connectivity index (χ0n) is 8.54. The highest BCUT2D eigenvalue weighted by atomic mass is 35.5. The first-order chi connectivity index (χ1) is 7.58.